The van der Waals surface area contributed by atoms with Crippen LogP contribution >= 0.6 is 11.3 Å². The zero-order valence-electron chi connectivity index (χ0n) is 13.8. The van der Waals surface area contributed by atoms with Crippen molar-refractivity contribution in [1.29, 1.82) is 0 Å². The van der Waals surface area contributed by atoms with Gasteiger partial charge < -0.3 is 5.32 Å². The molecule has 0 saturated carbocycles. The highest BCUT2D eigenvalue weighted by Crippen LogP contribution is 2.31. The molecule has 2 aromatic heterocycles. The van der Waals surface area contributed by atoms with Crippen LogP contribution in [0.4, 0.5) is 17.1 Å². The highest BCUT2D eigenvalue weighted by Gasteiger charge is 2.26. The molecule has 2 heterocycles. The highest BCUT2D eigenvalue weighted by atomic mass is 32.1. The molecule has 3 aromatic rings. The number of carbonyl (C=O) groups excluding carboxylic acids is 1. The van der Waals surface area contributed by atoms with Gasteiger partial charge in [0.05, 0.1) is 9.85 Å². The number of nitrogens with zero attached hydrogens (tertiary/aromatic N) is 5. The fourth-order valence-corrected chi connectivity index (χ4v) is 2.90. The van der Waals surface area contributed by atoms with Crippen molar-refractivity contribution >= 4 is 34.3 Å². The lowest BCUT2D eigenvalue weighted by atomic mass is 10.2. The van der Waals surface area contributed by atoms with E-state index in [0.717, 1.165) is 6.20 Å². The Hall–Kier alpha value is -3.67. The molecule has 138 valence electrons. The fourth-order valence-electron chi connectivity index (χ4n) is 2.27. The summed E-state index contributed by atoms with van der Waals surface area (Å²) in [6.07, 6.45) is 2.66. The van der Waals surface area contributed by atoms with Gasteiger partial charge in [-0.25, -0.2) is 4.98 Å². The van der Waals surface area contributed by atoms with Crippen LogP contribution in [0.1, 0.15) is 13.0 Å². The van der Waals surface area contributed by atoms with Gasteiger partial charge in [-0.05, 0) is 13.0 Å². The number of carbonyl (C=O) groups is 1. The molecule has 0 saturated heterocycles. The summed E-state index contributed by atoms with van der Waals surface area (Å²) < 4.78 is 1.17. The number of benzene rings is 1. The molecule has 0 aliphatic rings. The average molecular weight is 388 g/mol. The number of amides is 1. The highest BCUT2D eigenvalue weighted by molar-refractivity contribution is 7.13. The van der Waals surface area contributed by atoms with Gasteiger partial charge in [0.25, 0.3) is 5.69 Å². The van der Waals surface area contributed by atoms with Crippen LogP contribution in [0.2, 0.25) is 0 Å². The largest absolute Gasteiger partial charge is 0.324 e. The first kappa shape index (κ1) is 18.1. The van der Waals surface area contributed by atoms with Crippen molar-refractivity contribution < 1.29 is 14.6 Å². The van der Waals surface area contributed by atoms with E-state index in [4.69, 9.17) is 0 Å². The van der Waals surface area contributed by atoms with Gasteiger partial charge in [0.2, 0.25) is 5.91 Å². The van der Waals surface area contributed by atoms with Gasteiger partial charge in [-0.2, -0.15) is 5.10 Å². The minimum atomic E-state index is -0.892. The van der Waals surface area contributed by atoms with Gasteiger partial charge >= 0.3 is 5.69 Å². The Morgan fingerprint density at radius 1 is 1.30 bits per heavy atom. The number of rotatable bonds is 6. The quantitative estimate of drug-likeness (QED) is 0.504. The van der Waals surface area contributed by atoms with Crippen LogP contribution in [0.3, 0.4) is 0 Å². The van der Waals surface area contributed by atoms with E-state index in [1.807, 2.05) is 0 Å². The standard InChI is InChI=1S/C15H12N6O5S/c1-9(14(22)17-10-3-2-4-11(7-10)20(23)24)19-8-12(21(25)26)13(18-19)15-16-5-6-27-15/h2-9H,1H3,(H,17,22)/t9-/m0/s1. The maximum Gasteiger partial charge on any atom is 0.317 e. The first-order valence-corrected chi connectivity index (χ1v) is 8.43. The molecule has 1 amide bonds. The molecule has 0 unspecified atom stereocenters. The van der Waals surface area contributed by atoms with E-state index in [1.54, 1.807) is 5.38 Å². The molecule has 0 bridgehead atoms. The van der Waals surface area contributed by atoms with Crippen LogP contribution in [-0.2, 0) is 4.79 Å². The van der Waals surface area contributed by atoms with E-state index in [9.17, 15) is 25.0 Å². The number of aromatic nitrogens is 3. The number of nitrogens with one attached hydrogen (secondary N) is 1. The molecule has 1 N–H and O–H groups in total. The molecule has 1 aromatic carbocycles. The van der Waals surface area contributed by atoms with Gasteiger partial charge in [-0.15, -0.1) is 11.3 Å². The lowest BCUT2D eigenvalue weighted by molar-refractivity contribution is -0.384. The molecule has 12 heteroatoms. The maximum absolute atomic E-state index is 12.4. The van der Waals surface area contributed by atoms with Gasteiger partial charge in [0.15, 0.2) is 10.7 Å². The molecule has 3 rings (SSSR count). The Morgan fingerprint density at radius 3 is 2.70 bits per heavy atom. The van der Waals surface area contributed by atoms with Crippen LogP contribution in [-0.4, -0.2) is 30.5 Å². The summed E-state index contributed by atoms with van der Waals surface area (Å²) in [4.78, 5) is 37.4. The normalized spacial score (nSPS) is 11.7. The number of nitro groups is 2. The Labute approximate surface area is 155 Å². The summed E-state index contributed by atoms with van der Waals surface area (Å²) in [6, 6.07) is 4.58. The molecule has 27 heavy (non-hydrogen) atoms. The Kier molecular flexibility index (Phi) is 4.90. The molecular formula is C15H12N6O5S. The number of non-ortho nitro benzene ring substituents is 1. The monoisotopic (exact) mass is 388 g/mol. The van der Waals surface area contributed by atoms with E-state index in [2.05, 4.69) is 15.4 Å². The second-order valence-electron chi connectivity index (χ2n) is 5.41. The fraction of sp³-hybridized carbons (Fsp3) is 0.133. The Morgan fingerprint density at radius 2 is 2.07 bits per heavy atom. The summed E-state index contributed by atoms with van der Waals surface area (Å²) >= 11 is 1.19. The zero-order chi connectivity index (χ0) is 19.6. The minimum Gasteiger partial charge on any atom is -0.324 e. The second-order valence-corrected chi connectivity index (χ2v) is 6.30. The molecule has 0 radical (unpaired) electrons. The first-order valence-electron chi connectivity index (χ1n) is 7.55. The topological polar surface area (TPSA) is 146 Å². The molecule has 0 spiro atoms. The van der Waals surface area contributed by atoms with Crippen molar-refractivity contribution in [3.8, 4) is 10.7 Å². The van der Waals surface area contributed by atoms with Crippen molar-refractivity contribution in [3.05, 3.63) is 62.3 Å². The van der Waals surface area contributed by atoms with Gasteiger partial charge in [0.1, 0.15) is 12.2 Å². The SMILES string of the molecule is C[C@@H](C(=O)Nc1cccc([N+](=O)[O-])c1)n1cc([N+](=O)[O-])c(-c2nccs2)n1. The van der Waals surface area contributed by atoms with E-state index in [0.29, 0.717) is 5.01 Å². The van der Waals surface area contributed by atoms with Crippen molar-refractivity contribution in [3.63, 3.8) is 0 Å². The number of nitro benzene ring substituents is 1. The van der Waals surface area contributed by atoms with E-state index < -0.39 is 21.8 Å². The molecular weight excluding hydrogens is 376 g/mol. The van der Waals surface area contributed by atoms with Crippen molar-refractivity contribution in [2.75, 3.05) is 5.32 Å². The smallest absolute Gasteiger partial charge is 0.317 e. The van der Waals surface area contributed by atoms with Crippen LogP contribution in [0, 0.1) is 20.2 Å². The maximum atomic E-state index is 12.4. The van der Waals surface area contributed by atoms with Gasteiger partial charge in [0, 0.05) is 29.4 Å². The number of thiazole rings is 1. The minimum absolute atomic E-state index is 0.0741. The van der Waals surface area contributed by atoms with E-state index in [-0.39, 0.29) is 22.8 Å². The van der Waals surface area contributed by atoms with E-state index in [1.165, 1.54) is 53.4 Å². The Bertz CT molecular complexity index is 1020. The van der Waals surface area contributed by atoms with Crippen molar-refractivity contribution in [1.82, 2.24) is 14.8 Å². The summed E-state index contributed by atoms with van der Waals surface area (Å²) in [5, 5.41) is 30.8. The van der Waals surface area contributed by atoms with Crippen LogP contribution in [0.5, 0.6) is 0 Å². The van der Waals surface area contributed by atoms with Crippen LogP contribution < -0.4 is 5.32 Å². The third kappa shape index (κ3) is 3.79. The average Bonchev–Trinajstić information content (AvgIpc) is 3.30. The van der Waals surface area contributed by atoms with E-state index >= 15 is 0 Å². The number of anilines is 1. The molecule has 1 atom stereocenters. The number of hydrogen-bond acceptors (Lipinski definition) is 8. The molecule has 11 nitrogen and oxygen atoms in total. The molecule has 0 aliphatic carbocycles. The molecule has 0 fully saturated rings. The zero-order valence-corrected chi connectivity index (χ0v) is 14.6. The third-order valence-electron chi connectivity index (χ3n) is 3.65. The van der Waals surface area contributed by atoms with Gasteiger partial charge in [-0.1, -0.05) is 6.07 Å². The molecule has 0 aliphatic heterocycles. The Balaban J connectivity index is 1.85. The van der Waals surface area contributed by atoms with Crippen molar-refractivity contribution in [2.24, 2.45) is 0 Å². The summed E-state index contributed by atoms with van der Waals surface area (Å²) in [7, 11) is 0. The third-order valence-corrected chi connectivity index (χ3v) is 4.42. The van der Waals surface area contributed by atoms with Gasteiger partial charge in [-0.3, -0.25) is 29.7 Å². The lowest BCUT2D eigenvalue weighted by Crippen LogP contribution is -2.24. The lowest BCUT2D eigenvalue weighted by Gasteiger charge is -2.12. The number of hydrogen-bond donors (Lipinski definition) is 1. The predicted molar refractivity (Wildman–Crippen MR) is 96.4 cm³/mol. The second kappa shape index (κ2) is 7.29. The summed E-state index contributed by atoms with van der Waals surface area (Å²) in [5.74, 6) is -0.529. The van der Waals surface area contributed by atoms with Crippen LogP contribution in [0.25, 0.3) is 10.7 Å². The predicted octanol–water partition coefficient (Wildman–Crippen LogP) is 3.02. The van der Waals surface area contributed by atoms with Crippen molar-refractivity contribution in [2.45, 2.75) is 13.0 Å². The summed E-state index contributed by atoms with van der Waals surface area (Å²) in [5.41, 5.74) is -0.117. The summed E-state index contributed by atoms with van der Waals surface area (Å²) in [6.45, 7) is 1.51. The first-order chi connectivity index (χ1) is 12.9. The van der Waals surface area contributed by atoms with Crippen LogP contribution in [0.15, 0.2) is 42.0 Å².